The first-order chi connectivity index (χ1) is 14.3. The largest absolute Gasteiger partial charge is 0.462 e. The van der Waals surface area contributed by atoms with Crippen LogP contribution in [-0.4, -0.2) is 14.5 Å². The second-order valence-corrected chi connectivity index (χ2v) is 9.73. The molecule has 29 heavy (non-hydrogen) atoms. The van der Waals surface area contributed by atoms with Gasteiger partial charge in [0.2, 0.25) is 0 Å². The van der Waals surface area contributed by atoms with Crippen molar-refractivity contribution in [3.8, 4) is 6.07 Å². The number of nitrogens with zero attached hydrogens (tertiary/aromatic N) is 2. The van der Waals surface area contributed by atoms with Gasteiger partial charge in [-0.3, -0.25) is 0 Å². The zero-order chi connectivity index (χ0) is 19.9. The molecule has 0 spiro atoms. The van der Waals surface area contributed by atoms with Gasteiger partial charge < -0.3 is 8.94 Å². The lowest BCUT2D eigenvalue weighted by Gasteiger charge is -2.29. The Labute approximate surface area is 170 Å². The second-order valence-electron chi connectivity index (χ2n) is 6.45. The summed E-state index contributed by atoms with van der Waals surface area (Å²) in [6.45, 7) is 0. The van der Waals surface area contributed by atoms with Gasteiger partial charge in [-0.2, -0.15) is 5.26 Å². The van der Waals surface area contributed by atoms with Crippen molar-refractivity contribution in [2.75, 3.05) is 0 Å². The molecule has 0 aliphatic rings. The van der Waals surface area contributed by atoms with E-state index < -0.39 is 8.32 Å². The molecule has 4 nitrogen and oxygen atoms in total. The molecule has 4 aromatic rings. The number of hydrogen-bond acceptors (Lipinski definition) is 4. The molecule has 0 N–H and O–H groups in total. The van der Waals surface area contributed by atoms with E-state index in [1.54, 1.807) is 6.07 Å². The minimum absolute atomic E-state index is 0.448. The standard InChI is InChI=1S/C24H18N2O2Si/c25-17-20-16-21(27-19-20)18-26-28-29(22-10-4-1-5-11-22,23-12-6-2-7-13-23)24-14-8-3-9-15-24/h1-16,18-19H/b26-18+. The molecule has 1 aromatic heterocycles. The highest BCUT2D eigenvalue weighted by Crippen LogP contribution is 2.11. The molecule has 0 saturated carbocycles. The van der Waals surface area contributed by atoms with Crippen LogP contribution in [0.1, 0.15) is 11.3 Å². The highest BCUT2D eigenvalue weighted by Gasteiger charge is 2.44. The molecule has 0 radical (unpaired) electrons. The van der Waals surface area contributed by atoms with Crippen LogP contribution in [0, 0.1) is 11.3 Å². The van der Waals surface area contributed by atoms with Crippen LogP contribution in [0.15, 0.2) is 113 Å². The van der Waals surface area contributed by atoms with Crippen molar-refractivity contribution >= 4 is 30.1 Å². The molecule has 3 aromatic carbocycles. The predicted octanol–water partition coefficient (Wildman–Crippen LogP) is 3.17. The molecule has 0 fully saturated rings. The molecule has 0 aliphatic heterocycles. The van der Waals surface area contributed by atoms with E-state index in [2.05, 4.69) is 41.6 Å². The highest BCUT2D eigenvalue weighted by molar-refractivity contribution is 7.07. The Kier molecular flexibility index (Phi) is 5.37. The van der Waals surface area contributed by atoms with Crippen molar-refractivity contribution in [1.82, 2.24) is 0 Å². The van der Waals surface area contributed by atoms with E-state index in [1.165, 1.54) is 12.5 Å². The van der Waals surface area contributed by atoms with Crippen molar-refractivity contribution in [3.63, 3.8) is 0 Å². The van der Waals surface area contributed by atoms with Gasteiger partial charge in [0.1, 0.15) is 24.3 Å². The van der Waals surface area contributed by atoms with Crippen LogP contribution in [0.5, 0.6) is 0 Å². The maximum atomic E-state index is 8.97. The Bertz CT molecular complexity index is 1040. The summed E-state index contributed by atoms with van der Waals surface area (Å²) in [5.74, 6) is 0.471. The average molecular weight is 395 g/mol. The number of oxime groups is 1. The molecule has 0 atom stereocenters. The van der Waals surface area contributed by atoms with Crippen molar-refractivity contribution < 1.29 is 8.94 Å². The molecule has 0 saturated heterocycles. The summed E-state index contributed by atoms with van der Waals surface area (Å²) in [6.07, 6.45) is 2.91. The molecule has 4 rings (SSSR count). The summed E-state index contributed by atoms with van der Waals surface area (Å²) < 4.78 is 11.8. The zero-order valence-corrected chi connectivity index (χ0v) is 16.6. The van der Waals surface area contributed by atoms with Gasteiger partial charge in [0.25, 0.3) is 0 Å². The van der Waals surface area contributed by atoms with E-state index in [-0.39, 0.29) is 0 Å². The number of rotatable bonds is 6. The van der Waals surface area contributed by atoms with Crippen LogP contribution in [-0.2, 0) is 4.53 Å². The molecular formula is C24H18N2O2Si. The summed E-state index contributed by atoms with van der Waals surface area (Å²) in [5, 5.41) is 16.6. The van der Waals surface area contributed by atoms with E-state index in [0.717, 1.165) is 15.6 Å². The summed E-state index contributed by atoms with van der Waals surface area (Å²) in [6, 6.07) is 34.3. The lowest BCUT2D eigenvalue weighted by molar-refractivity contribution is 0.350. The van der Waals surface area contributed by atoms with E-state index in [4.69, 9.17) is 14.2 Å². The van der Waals surface area contributed by atoms with Gasteiger partial charge in [0, 0.05) is 6.07 Å². The molecule has 140 valence electrons. The van der Waals surface area contributed by atoms with Crippen molar-refractivity contribution in [2.45, 2.75) is 0 Å². The average Bonchev–Trinajstić information content (AvgIpc) is 3.27. The Morgan fingerprint density at radius 1 is 0.793 bits per heavy atom. The van der Waals surface area contributed by atoms with Crippen LogP contribution in [0.2, 0.25) is 0 Å². The van der Waals surface area contributed by atoms with E-state index in [1.807, 2.05) is 60.7 Å². The first-order valence-electron chi connectivity index (χ1n) is 9.20. The Morgan fingerprint density at radius 3 is 1.69 bits per heavy atom. The third-order valence-corrected chi connectivity index (χ3v) is 8.48. The van der Waals surface area contributed by atoms with Crippen molar-refractivity contribution in [3.05, 3.63) is 115 Å². The minimum atomic E-state index is -2.88. The minimum Gasteiger partial charge on any atom is -0.462 e. The normalized spacial score (nSPS) is 11.3. The Morgan fingerprint density at radius 2 is 1.28 bits per heavy atom. The zero-order valence-electron chi connectivity index (χ0n) is 15.6. The summed E-state index contributed by atoms with van der Waals surface area (Å²) >= 11 is 0. The molecule has 0 unspecified atom stereocenters. The van der Waals surface area contributed by atoms with Gasteiger partial charge in [0.15, 0.2) is 0 Å². The maximum Gasteiger partial charge on any atom is 0.380 e. The van der Waals surface area contributed by atoms with Gasteiger partial charge in [-0.05, 0) is 15.6 Å². The van der Waals surface area contributed by atoms with Crippen molar-refractivity contribution in [2.24, 2.45) is 5.16 Å². The van der Waals surface area contributed by atoms with Gasteiger partial charge in [0.05, 0.1) is 5.56 Å². The molecule has 5 heteroatoms. The van der Waals surface area contributed by atoms with Crippen molar-refractivity contribution in [1.29, 1.82) is 5.26 Å². The third kappa shape index (κ3) is 3.75. The van der Waals surface area contributed by atoms with Crippen LogP contribution in [0.3, 0.4) is 0 Å². The topological polar surface area (TPSA) is 58.5 Å². The summed E-state index contributed by atoms with van der Waals surface area (Å²) in [4.78, 5) is 0. The summed E-state index contributed by atoms with van der Waals surface area (Å²) in [5.41, 5.74) is 0.448. The first kappa shape index (κ1) is 18.5. The van der Waals surface area contributed by atoms with Gasteiger partial charge in [-0.1, -0.05) is 91.0 Å². The van der Waals surface area contributed by atoms with Gasteiger partial charge >= 0.3 is 8.32 Å². The van der Waals surface area contributed by atoms with Gasteiger partial charge in [-0.25, -0.2) is 0 Å². The Hall–Kier alpha value is -3.88. The quantitative estimate of drug-likeness (QED) is 0.218. The van der Waals surface area contributed by atoms with E-state index in [9.17, 15) is 0 Å². The first-order valence-corrected chi connectivity index (χ1v) is 11.1. The smallest absolute Gasteiger partial charge is 0.380 e. The number of benzene rings is 3. The van der Waals surface area contributed by atoms with Crippen LogP contribution >= 0.6 is 0 Å². The fraction of sp³-hybridized carbons (Fsp3) is 0. The second kappa shape index (κ2) is 8.42. The number of nitriles is 1. The molecule has 1 heterocycles. The van der Waals surface area contributed by atoms with Crippen LogP contribution < -0.4 is 15.6 Å². The number of hydrogen-bond donors (Lipinski definition) is 0. The molecular weight excluding hydrogens is 376 g/mol. The number of furan rings is 1. The highest BCUT2D eigenvalue weighted by atomic mass is 28.4. The maximum absolute atomic E-state index is 8.97. The molecule has 0 aliphatic carbocycles. The fourth-order valence-corrected chi connectivity index (χ4v) is 6.83. The van der Waals surface area contributed by atoms with E-state index in [0.29, 0.717) is 11.3 Å². The van der Waals surface area contributed by atoms with Gasteiger partial charge in [-0.15, -0.1) is 5.16 Å². The monoisotopic (exact) mass is 394 g/mol. The van der Waals surface area contributed by atoms with Crippen LogP contribution in [0.4, 0.5) is 0 Å². The van der Waals surface area contributed by atoms with E-state index >= 15 is 0 Å². The van der Waals surface area contributed by atoms with Crippen LogP contribution in [0.25, 0.3) is 0 Å². The summed E-state index contributed by atoms with van der Waals surface area (Å²) in [7, 11) is -2.88. The molecule has 0 amide bonds. The lowest BCUT2D eigenvalue weighted by atomic mass is 10.3. The molecule has 0 bridgehead atoms. The Balaban J connectivity index is 1.84. The SMILES string of the molecule is N#Cc1coc(/C=N/O[Si](c2ccccc2)(c2ccccc2)c2ccccc2)c1. The lowest BCUT2D eigenvalue weighted by Crippen LogP contribution is -2.68. The third-order valence-electron chi connectivity index (χ3n) is 4.66. The fourth-order valence-electron chi connectivity index (χ4n) is 3.31. The predicted molar refractivity (Wildman–Crippen MR) is 116 cm³/mol.